The first-order valence-electron chi connectivity index (χ1n) is 4.69. The van der Waals surface area contributed by atoms with Gasteiger partial charge in [-0.2, -0.15) is 0 Å². The minimum absolute atomic E-state index is 0.0386. The average Bonchev–Trinajstić information content (AvgIpc) is 2.18. The van der Waals surface area contributed by atoms with E-state index < -0.39 is 10.6 Å². The molecule has 82 valence electrons. The maximum atomic E-state index is 10.4. The van der Waals surface area contributed by atoms with E-state index in [2.05, 4.69) is 5.32 Å². The Balaban J connectivity index is 2.77. The van der Waals surface area contributed by atoms with E-state index in [0.29, 0.717) is 12.1 Å². The molecule has 0 aliphatic heterocycles. The van der Waals surface area contributed by atoms with Gasteiger partial charge in [-0.15, -0.1) is 0 Å². The molecule has 5 heteroatoms. The zero-order valence-corrected chi connectivity index (χ0v) is 8.73. The highest BCUT2D eigenvalue weighted by atomic mass is 16.6. The van der Waals surface area contributed by atoms with Crippen molar-refractivity contribution in [2.24, 2.45) is 0 Å². The number of rotatable bonds is 4. The average molecular weight is 210 g/mol. The van der Waals surface area contributed by atoms with Crippen LogP contribution in [0.2, 0.25) is 0 Å². The van der Waals surface area contributed by atoms with Crippen molar-refractivity contribution in [2.75, 3.05) is 5.32 Å². The van der Waals surface area contributed by atoms with Crippen LogP contribution in [-0.2, 0) is 0 Å². The molecule has 15 heavy (non-hydrogen) atoms. The Morgan fingerprint density at radius 1 is 1.47 bits per heavy atom. The van der Waals surface area contributed by atoms with Gasteiger partial charge in [0.2, 0.25) is 0 Å². The van der Waals surface area contributed by atoms with E-state index in [0.717, 1.165) is 0 Å². The second-order valence-corrected chi connectivity index (χ2v) is 3.56. The number of hydrogen-bond acceptors (Lipinski definition) is 4. The monoisotopic (exact) mass is 210 g/mol. The van der Waals surface area contributed by atoms with Gasteiger partial charge in [-0.1, -0.05) is 6.92 Å². The second kappa shape index (κ2) is 4.27. The molecule has 0 saturated carbocycles. The van der Waals surface area contributed by atoms with Gasteiger partial charge in [0.05, 0.1) is 4.92 Å². The van der Waals surface area contributed by atoms with Crippen LogP contribution in [-0.4, -0.2) is 15.8 Å². The summed E-state index contributed by atoms with van der Waals surface area (Å²) in [4.78, 5) is 9.93. The van der Waals surface area contributed by atoms with Gasteiger partial charge in [-0.25, -0.2) is 0 Å². The number of anilines is 1. The number of nitrogens with zero attached hydrogens (tertiary/aromatic N) is 1. The van der Waals surface area contributed by atoms with Crippen molar-refractivity contribution < 1.29 is 10.0 Å². The molecule has 0 radical (unpaired) electrons. The van der Waals surface area contributed by atoms with Crippen molar-refractivity contribution in [1.82, 2.24) is 0 Å². The molecule has 0 unspecified atom stereocenters. The number of benzene rings is 1. The molecule has 0 aliphatic carbocycles. The molecule has 0 fully saturated rings. The summed E-state index contributed by atoms with van der Waals surface area (Å²) >= 11 is 0. The molecule has 1 atom stereocenters. The Morgan fingerprint density at radius 2 is 2.00 bits per heavy atom. The van der Waals surface area contributed by atoms with Crippen LogP contribution >= 0.6 is 0 Å². The molecule has 1 aromatic rings. The molecule has 0 saturated heterocycles. The van der Waals surface area contributed by atoms with E-state index in [9.17, 15) is 15.2 Å². The Kier molecular flexibility index (Phi) is 3.26. The van der Waals surface area contributed by atoms with Gasteiger partial charge in [0.25, 0.3) is 5.69 Å². The van der Waals surface area contributed by atoms with Crippen molar-refractivity contribution in [3.63, 3.8) is 0 Å². The van der Waals surface area contributed by atoms with Crippen molar-refractivity contribution in [3.8, 4) is 0 Å². The van der Waals surface area contributed by atoms with Crippen molar-refractivity contribution in [2.45, 2.75) is 26.0 Å². The lowest BCUT2D eigenvalue weighted by Crippen LogP contribution is -2.33. The van der Waals surface area contributed by atoms with Crippen LogP contribution in [0, 0.1) is 10.1 Å². The Hall–Kier alpha value is -1.62. The van der Waals surface area contributed by atoms with Gasteiger partial charge >= 0.3 is 0 Å². The number of nitro groups is 1. The van der Waals surface area contributed by atoms with E-state index in [4.69, 9.17) is 0 Å². The summed E-state index contributed by atoms with van der Waals surface area (Å²) in [6.45, 7) is 3.49. The number of nitrogens with one attached hydrogen (secondary N) is 1. The largest absolute Gasteiger partial charge is 0.371 e. The lowest BCUT2D eigenvalue weighted by atomic mass is 10.2. The normalized spacial score (nSPS) is 14.3. The van der Waals surface area contributed by atoms with E-state index in [1.165, 1.54) is 12.1 Å². The highest BCUT2D eigenvalue weighted by molar-refractivity contribution is 5.49. The SMILES string of the molecule is CC[C@@](C)(O)Nc1ccc([N+](=O)[O-])cc1. The molecular weight excluding hydrogens is 196 g/mol. The minimum Gasteiger partial charge on any atom is -0.371 e. The van der Waals surface area contributed by atoms with Crippen molar-refractivity contribution in [3.05, 3.63) is 34.4 Å². The summed E-state index contributed by atoms with van der Waals surface area (Å²) in [5.74, 6) is 0. The van der Waals surface area contributed by atoms with Gasteiger partial charge in [0.1, 0.15) is 5.72 Å². The summed E-state index contributed by atoms with van der Waals surface area (Å²) in [5.41, 5.74) is -0.292. The van der Waals surface area contributed by atoms with Crippen LogP contribution < -0.4 is 5.32 Å². The zero-order valence-electron chi connectivity index (χ0n) is 8.73. The molecule has 5 nitrogen and oxygen atoms in total. The van der Waals surface area contributed by atoms with Gasteiger partial charge in [-0.05, 0) is 25.5 Å². The molecule has 1 rings (SSSR count). The predicted molar refractivity (Wildman–Crippen MR) is 57.6 cm³/mol. The van der Waals surface area contributed by atoms with Crippen LogP contribution in [0.1, 0.15) is 20.3 Å². The van der Waals surface area contributed by atoms with Gasteiger partial charge in [0.15, 0.2) is 0 Å². The lowest BCUT2D eigenvalue weighted by Gasteiger charge is -2.24. The van der Waals surface area contributed by atoms with Crippen LogP contribution in [0.15, 0.2) is 24.3 Å². The third kappa shape index (κ3) is 3.21. The third-order valence-electron chi connectivity index (χ3n) is 2.18. The fourth-order valence-electron chi connectivity index (χ4n) is 1.07. The molecular formula is C10H14N2O3. The summed E-state index contributed by atoms with van der Waals surface area (Å²) in [6, 6.07) is 5.94. The first-order chi connectivity index (χ1) is 6.94. The first-order valence-corrected chi connectivity index (χ1v) is 4.69. The smallest absolute Gasteiger partial charge is 0.269 e. The fourth-order valence-corrected chi connectivity index (χ4v) is 1.07. The van der Waals surface area contributed by atoms with E-state index in [1.54, 1.807) is 19.1 Å². The standard InChI is InChI=1S/C10H14N2O3/c1-3-10(2,13)11-8-4-6-9(7-5-8)12(14)15/h4-7,11,13H,3H2,1-2H3/t10-/m1/s1. The van der Waals surface area contributed by atoms with Crippen molar-refractivity contribution in [1.29, 1.82) is 0 Å². The van der Waals surface area contributed by atoms with Crippen LogP contribution in [0.25, 0.3) is 0 Å². The lowest BCUT2D eigenvalue weighted by molar-refractivity contribution is -0.384. The Morgan fingerprint density at radius 3 is 2.40 bits per heavy atom. The van der Waals surface area contributed by atoms with Crippen LogP contribution in [0.3, 0.4) is 0 Å². The maximum Gasteiger partial charge on any atom is 0.269 e. The highest BCUT2D eigenvalue weighted by Gasteiger charge is 2.16. The molecule has 0 heterocycles. The zero-order chi connectivity index (χ0) is 11.5. The van der Waals surface area contributed by atoms with E-state index >= 15 is 0 Å². The molecule has 2 N–H and O–H groups in total. The van der Waals surface area contributed by atoms with Gasteiger partial charge < -0.3 is 10.4 Å². The van der Waals surface area contributed by atoms with E-state index in [-0.39, 0.29) is 5.69 Å². The molecule has 0 spiro atoms. The van der Waals surface area contributed by atoms with Gasteiger partial charge in [-0.3, -0.25) is 10.1 Å². The molecule has 0 aromatic heterocycles. The number of aliphatic hydroxyl groups is 1. The van der Waals surface area contributed by atoms with Crippen LogP contribution in [0.5, 0.6) is 0 Å². The minimum atomic E-state index is -0.990. The Labute approximate surface area is 87.9 Å². The number of non-ortho nitro benzene ring substituents is 1. The van der Waals surface area contributed by atoms with E-state index in [1.807, 2.05) is 6.92 Å². The van der Waals surface area contributed by atoms with Gasteiger partial charge in [0, 0.05) is 17.8 Å². The highest BCUT2D eigenvalue weighted by Crippen LogP contribution is 2.19. The topological polar surface area (TPSA) is 75.4 Å². The fraction of sp³-hybridized carbons (Fsp3) is 0.400. The number of nitro benzene ring substituents is 1. The maximum absolute atomic E-state index is 10.4. The molecule has 0 aliphatic rings. The molecule has 1 aromatic carbocycles. The quantitative estimate of drug-likeness (QED) is 0.453. The predicted octanol–water partition coefficient (Wildman–Crippen LogP) is 2.13. The molecule has 0 amide bonds. The summed E-state index contributed by atoms with van der Waals surface area (Å²) in [7, 11) is 0. The molecule has 0 bridgehead atoms. The number of hydrogen-bond donors (Lipinski definition) is 2. The van der Waals surface area contributed by atoms with Crippen molar-refractivity contribution >= 4 is 11.4 Å². The Bertz CT molecular complexity index is 346. The summed E-state index contributed by atoms with van der Waals surface area (Å²) < 4.78 is 0. The summed E-state index contributed by atoms with van der Waals surface area (Å²) in [6.07, 6.45) is 0.546. The second-order valence-electron chi connectivity index (χ2n) is 3.56. The summed E-state index contributed by atoms with van der Waals surface area (Å²) in [5, 5.41) is 23.0. The third-order valence-corrected chi connectivity index (χ3v) is 2.18. The van der Waals surface area contributed by atoms with Crippen LogP contribution in [0.4, 0.5) is 11.4 Å². The first kappa shape index (κ1) is 11.5.